The van der Waals surface area contributed by atoms with Gasteiger partial charge in [0.1, 0.15) is 11.6 Å². The third-order valence-electron chi connectivity index (χ3n) is 5.90. The molecule has 1 aromatic rings. The van der Waals surface area contributed by atoms with Gasteiger partial charge >= 0.3 is 0 Å². The number of halogens is 2. The normalized spacial score (nSPS) is 26.1. The van der Waals surface area contributed by atoms with Gasteiger partial charge in [0.2, 0.25) is 0 Å². The second kappa shape index (κ2) is 6.47. The second-order valence-electron chi connectivity index (χ2n) is 7.66. The zero-order chi connectivity index (χ0) is 16.7. The van der Waals surface area contributed by atoms with Gasteiger partial charge in [0.15, 0.2) is 0 Å². The molecule has 0 bridgehead atoms. The summed E-state index contributed by atoms with van der Waals surface area (Å²) in [6.45, 7) is 4.10. The van der Waals surface area contributed by atoms with Crippen LogP contribution in [0.25, 0.3) is 5.57 Å². The summed E-state index contributed by atoms with van der Waals surface area (Å²) in [6.07, 6.45) is 8.53. The quantitative estimate of drug-likeness (QED) is 0.754. The van der Waals surface area contributed by atoms with Crippen molar-refractivity contribution in [2.24, 2.45) is 5.92 Å². The first kappa shape index (κ1) is 16.1. The van der Waals surface area contributed by atoms with Crippen LogP contribution in [0.5, 0.6) is 0 Å². The lowest BCUT2D eigenvalue weighted by molar-refractivity contribution is -0.0383. The van der Waals surface area contributed by atoms with E-state index in [0.29, 0.717) is 17.5 Å². The molecule has 2 fully saturated rings. The van der Waals surface area contributed by atoms with Crippen molar-refractivity contribution in [3.63, 3.8) is 0 Å². The van der Waals surface area contributed by atoms with Gasteiger partial charge in [0.05, 0.1) is 0 Å². The Morgan fingerprint density at radius 2 is 1.83 bits per heavy atom. The smallest absolute Gasteiger partial charge is 0.133 e. The third kappa shape index (κ3) is 2.85. The Morgan fingerprint density at radius 3 is 2.58 bits per heavy atom. The van der Waals surface area contributed by atoms with E-state index in [0.717, 1.165) is 37.6 Å². The number of nitrogens with zero attached hydrogens (tertiary/aromatic N) is 2. The molecule has 0 radical (unpaired) electrons. The fourth-order valence-electron chi connectivity index (χ4n) is 4.59. The van der Waals surface area contributed by atoms with E-state index in [-0.39, 0.29) is 0 Å². The van der Waals surface area contributed by atoms with Crippen molar-refractivity contribution < 1.29 is 8.78 Å². The standard InChI is InChI=1S/C20H26F2N2/c1-14-7-10-20-18(17-9-8-15(21)11-19(17)22)13-23(24(20)12-14)16-5-3-2-4-6-16/h8-9,11,14,16H,2-7,10,12-13H2,1H3. The van der Waals surface area contributed by atoms with E-state index < -0.39 is 11.6 Å². The average molecular weight is 332 g/mol. The minimum absolute atomic E-state index is 0.429. The van der Waals surface area contributed by atoms with Crippen molar-refractivity contribution >= 4 is 5.57 Å². The molecular formula is C20H26F2N2. The number of allylic oxidation sites excluding steroid dienone is 1. The van der Waals surface area contributed by atoms with Crippen molar-refractivity contribution in [3.8, 4) is 0 Å². The number of hydrazine groups is 1. The molecule has 1 aliphatic carbocycles. The van der Waals surface area contributed by atoms with Gasteiger partial charge in [0, 0.05) is 36.5 Å². The van der Waals surface area contributed by atoms with Crippen molar-refractivity contribution in [2.45, 2.75) is 57.9 Å². The van der Waals surface area contributed by atoms with E-state index >= 15 is 0 Å². The van der Waals surface area contributed by atoms with Gasteiger partial charge in [0.25, 0.3) is 0 Å². The summed E-state index contributed by atoms with van der Waals surface area (Å²) in [7, 11) is 0. The fourth-order valence-corrected chi connectivity index (χ4v) is 4.59. The van der Waals surface area contributed by atoms with E-state index in [1.807, 2.05) is 0 Å². The van der Waals surface area contributed by atoms with Crippen LogP contribution < -0.4 is 0 Å². The van der Waals surface area contributed by atoms with Crippen LogP contribution in [0.2, 0.25) is 0 Å². The van der Waals surface area contributed by atoms with Gasteiger partial charge in [-0.1, -0.05) is 26.2 Å². The monoisotopic (exact) mass is 332 g/mol. The molecule has 2 aliphatic heterocycles. The SMILES string of the molecule is CC1CCC2=C(c3ccc(F)cc3F)CN(C3CCCCC3)N2C1. The van der Waals surface area contributed by atoms with E-state index in [1.54, 1.807) is 6.07 Å². The summed E-state index contributed by atoms with van der Waals surface area (Å²) in [6, 6.07) is 4.58. The Morgan fingerprint density at radius 1 is 1.04 bits per heavy atom. The Kier molecular flexibility index (Phi) is 4.33. The molecule has 2 nitrogen and oxygen atoms in total. The minimum Gasteiger partial charge on any atom is -0.309 e. The summed E-state index contributed by atoms with van der Waals surface area (Å²) in [4.78, 5) is 0. The largest absolute Gasteiger partial charge is 0.309 e. The molecule has 24 heavy (non-hydrogen) atoms. The minimum atomic E-state index is -0.502. The van der Waals surface area contributed by atoms with Gasteiger partial charge in [-0.3, -0.25) is 0 Å². The Labute approximate surface area is 143 Å². The second-order valence-corrected chi connectivity index (χ2v) is 7.66. The van der Waals surface area contributed by atoms with Crippen LogP contribution in [0.4, 0.5) is 8.78 Å². The molecule has 4 heteroatoms. The predicted octanol–water partition coefficient (Wildman–Crippen LogP) is 4.97. The number of fused-ring (bicyclic) bond motifs is 1. The van der Waals surface area contributed by atoms with Crippen LogP contribution in [0.15, 0.2) is 23.9 Å². The highest BCUT2D eigenvalue weighted by Gasteiger charge is 2.38. The molecule has 1 atom stereocenters. The lowest BCUT2D eigenvalue weighted by Gasteiger charge is -2.43. The molecule has 0 spiro atoms. The Balaban J connectivity index is 1.68. The zero-order valence-corrected chi connectivity index (χ0v) is 14.4. The summed E-state index contributed by atoms with van der Waals surface area (Å²) in [5, 5.41) is 4.92. The van der Waals surface area contributed by atoms with E-state index in [4.69, 9.17) is 0 Å². The first-order chi connectivity index (χ1) is 11.6. The van der Waals surface area contributed by atoms with E-state index in [9.17, 15) is 8.78 Å². The van der Waals surface area contributed by atoms with Crippen molar-refractivity contribution in [2.75, 3.05) is 13.1 Å². The number of benzene rings is 1. The van der Waals surface area contributed by atoms with E-state index in [1.165, 1.54) is 43.9 Å². The number of piperidine rings is 1. The average Bonchev–Trinajstić information content (AvgIpc) is 2.94. The maximum absolute atomic E-state index is 14.4. The molecule has 1 aromatic carbocycles. The van der Waals surface area contributed by atoms with Crippen LogP contribution in [-0.2, 0) is 0 Å². The first-order valence-corrected chi connectivity index (χ1v) is 9.35. The fraction of sp³-hybridized carbons (Fsp3) is 0.600. The number of hydrogen-bond donors (Lipinski definition) is 0. The lowest BCUT2D eigenvalue weighted by atomic mass is 9.94. The molecular weight excluding hydrogens is 306 g/mol. The molecule has 4 rings (SSSR count). The molecule has 0 N–H and O–H groups in total. The van der Waals surface area contributed by atoms with Crippen LogP contribution in [0.3, 0.4) is 0 Å². The molecule has 0 amide bonds. The molecule has 130 valence electrons. The Bertz CT molecular complexity index is 649. The molecule has 3 aliphatic rings. The highest BCUT2D eigenvalue weighted by molar-refractivity contribution is 5.72. The van der Waals surface area contributed by atoms with Crippen LogP contribution in [-0.4, -0.2) is 29.1 Å². The Hall–Kier alpha value is -1.42. The summed E-state index contributed by atoms with van der Waals surface area (Å²) < 4.78 is 27.7. The van der Waals surface area contributed by atoms with Gasteiger partial charge in [-0.15, -0.1) is 0 Å². The molecule has 1 saturated carbocycles. The first-order valence-electron chi connectivity index (χ1n) is 9.35. The molecule has 0 aromatic heterocycles. The van der Waals surface area contributed by atoms with Gasteiger partial charge in [-0.2, -0.15) is 0 Å². The highest BCUT2D eigenvalue weighted by Crippen LogP contribution is 2.41. The highest BCUT2D eigenvalue weighted by atomic mass is 19.1. The van der Waals surface area contributed by atoms with Crippen LogP contribution in [0, 0.1) is 17.6 Å². The number of hydrogen-bond acceptors (Lipinski definition) is 2. The summed E-state index contributed by atoms with van der Waals surface area (Å²) in [5.74, 6) is -0.267. The molecule has 2 heterocycles. The van der Waals surface area contributed by atoms with Crippen LogP contribution in [0.1, 0.15) is 57.4 Å². The topological polar surface area (TPSA) is 6.48 Å². The summed E-state index contributed by atoms with van der Waals surface area (Å²) >= 11 is 0. The molecule has 1 unspecified atom stereocenters. The third-order valence-corrected chi connectivity index (χ3v) is 5.90. The number of rotatable bonds is 2. The maximum atomic E-state index is 14.4. The maximum Gasteiger partial charge on any atom is 0.133 e. The van der Waals surface area contributed by atoms with Gasteiger partial charge in [-0.25, -0.2) is 13.8 Å². The van der Waals surface area contributed by atoms with Crippen molar-refractivity contribution in [3.05, 3.63) is 41.1 Å². The zero-order valence-electron chi connectivity index (χ0n) is 14.4. The van der Waals surface area contributed by atoms with E-state index in [2.05, 4.69) is 16.9 Å². The summed E-state index contributed by atoms with van der Waals surface area (Å²) in [5.41, 5.74) is 2.93. The van der Waals surface area contributed by atoms with Crippen molar-refractivity contribution in [1.82, 2.24) is 10.0 Å². The van der Waals surface area contributed by atoms with Crippen LogP contribution >= 0.6 is 0 Å². The molecule has 1 saturated heterocycles. The lowest BCUT2D eigenvalue weighted by Crippen LogP contribution is -2.48. The van der Waals surface area contributed by atoms with Crippen molar-refractivity contribution in [1.29, 1.82) is 0 Å². The van der Waals surface area contributed by atoms with Gasteiger partial charge < -0.3 is 5.01 Å². The van der Waals surface area contributed by atoms with Gasteiger partial charge in [-0.05, 0) is 49.3 Å². The predicted molar refractivity (Wildman–Crippen MR) is 92.0 cm³/mol.